The minimum absolute atomic E-state index is 0.434. The molecule has 98 valence electrons. The van der Waals surface area contributed by atoms with Gasteiger partial charge in [0, 0.05) is 12.5 Å². The quantitative estimate of drug-likeness (QED) is 0.590. The molecule has 0 aromatic rings. The molecule has 2 nitrogen and oxygen atoms in total. The Labute approximate surface area is 106 Å². The molecule has 2 saturated carbocycles. The number of aliphatic imine (C=N–C) groups is 1. The first-order chi connectivity index (χ1) is 7.87. The van der Waals surface area contributed by atoms with Gasteiger partial charge in [-0.2, -0.15) is 0 Å². The number of rotatable bonds is 3. The van der Waals surface area contributed by atoms with Crippen LogP contribution in [0.15, 0.2) is 4.99 Å². The van der Waals surface area contributed by atoms with Gasteiger partial charge in [0.1, 0.15) is 0 Å². The van der Waals surface area contributed by atoms with Gasteiger partial charge in [-0.15, -0.1) is 0 Å². The molecular weight excluding hydrogens is 208 g/mol. The highest BCUT2D eigenvalue weighted by Crippen LogP contribution is 2.68. The SMILES string of the molecule is CC1(C)C(CN=C(N)C2CCCCC2)C1(C)C. The van der Waals surface area contributed by atoms with E-state index < -0.39 is 0 Å². The van der Waals surface area contributed by atoms with Gasteiger partial charge < -0.3 is 5.73 Å². The largest absolute Gasteiger partial charge is 0.387 e. The molecule has 2 fully saturated rings. The van der Waals surface area contributed by atoms with Crippen LogP contribution in [0, 0.1) is 22.7 Å². The highest BCUT2D eigenvalue weighted by molar-refractivity contribution is 5.82. The second kappa shape index (κ2) is 4.29. The first-order valence-corrected chi connectivity index (χ1v) is 7.17. The average Bonchev–Trinajstić information content (AvgIpc) is 2.68. The van der Waals surface area contributed by atoms with Crippen molar-refractivity contribution in [3.8, 4) is 0 Å². The van der Waals surface area contributed by atoms with Crippen molar-refractivity contribution in [3.63, 3.8) is 0 Å². The van der Waals surface area contributed by atoms with Crippen molar-refractivity contribution in [2.45, 2.75) is 59.8 Å². The van der Waals surface area contributed by atoms with Gasteiger partial charge in [0.15, 0.2) is 0 Å². The first kappa shape index (κ1) is 12.9. The molecule has 0 heterocycles. The van der Waals surface area contributed by atoms with Gasteiger partial charge in [0.25, 0.3) is 0 Å². The molecule has 0 atom stereocenters. The summed E-state index contributed by atoms with van der Waals surface area (Å²) in [5.41, 5.74) is 7.02. The lowest BCUT2D eigenvalue weighted by Crippen LogP contribution is -2.26. The molecular formula is C15H28N2. The maximum Gasteiger partial charge on any atom is 0.0968 e. The summed E-state index contributed by atoms with van der Waals surface area (Å²) in [6.07, 6.45) is 6.56. The van der Waals surface area contributed by atoms with E-state index in [9.17, 15) is 0 Å². The van der Waals surface area contributed by atoms with Crippen molar-refractivity contribution in [2.75, 3.05) is 6.54 Å². The molecule has 0 unspecified atom stereocenters. The van der Waals surface area contributed by atoms with Crippen molar-refractivity contribution in [1.29, 1.82) is 0 Å². The van der Waals surface area contributed by atoms with Crippen LogP contribution in [0.2, 0.25) is 0 Å². The van der Waals surface area contributed by atoms with Crippen LogP contribution in [0.3, 0.4) is 0 Å². The topological polar surface area (TPSA) is 38.4 Å². The monoisotopic (exact) mass is 236 g/mol. The van der Waals surface area contributed by atoms with Crippen molar-refractivity contribution in [1.82, 2.24) is 0 Å². The van der Waals surface area contributed by atoms with E-state index in [0.717, 1.165) is 12.4 Å². The predicted molar refractivity (Wildman–Crippen MR) is 74.1 cm³/mol. The number of nitrogens with zero attached hydrogens (tertiary/aromatic N) is 1. The van der Waals surface area contributed by atoms with Crippen LogP contribution in [-0.2, 0) is 0 Å². The van der Waals surface area contributed by atoms with Crippen molar-refractivity contribution in [2.24, 2.45) is 33.4 Å². The summed E-state index contributed by atoms with van der Waals surface area (Å²) in [5.74, 6) is 2.22. The van der Waals surface area contributed by atoms with Crippen LogP contribution >= 0.6 is 0 Å². The first-order valence-electron chi connectivity index (χ1n) is 7.17. The fourth-order valence-corrected chi connectivity index (χ4v) is 3.51. The van der Waals surface area contributed by atoms with Gasteiger partial charge in [-0.25, -0.2) is 0 Å². The third-order valence-electron chi connectivity index (χ3n) is 5.80. The second-order valence-electron chi connectivity index (χ2n) is 7.10. The molecule has 17 heavy (non-hydrogen) atoms. The smallest absolute Gasteiger partial charge is 0.0968 e. The minimum atomic E-state index is 0.434. The zero-order chi connectivity index (χ0) is 12.7. The fourth-order valence-electron chi connectivity index (χ4n) is 3.51. The summed E-state index contributed by atoms with van der Waals surface area (Å²) in [6, 6.07) is 0. The van der Waals surface area contributed by atoms with Crippen LogP contribution in [0.4, 0.5) is 0 Å². The van der Waals surface area contributed by atoms with Crippen LogP contribution in [0.5, 0.6) is 0 Å². The summed E-state index contributed by atoms with van der Waals surface area (Å²) >= 11 is 0. The normalized spacial score (nSPS) is 29.3. The molecule has 2 aliphatic rings. The van der Waals surface area contributed by atoms with E-state index in [2.05, 4.69) is 27.7 Å². The minimum Gasteiger partial charge on any atom is -0.387 e. The average molecular weight is 236 g/mol. The van der Waals surface area contributed by atoms with Crippen LogP contribution in [-0.4, -0.2) is 12.4 Å². The van der Waals surface area contributed by atoms with Crippen LogP contribution in [0.1, 0.15) is 59.8 Å². The molecule has 0 aromatic carbocycles. The molecule has 0 saturated heterocycles. The van der Waals surface area contributed by atoms with E-state index in [-0.39, 0.29) is 0 Å². The van der Waals surface area contributed by atoms with E-state index in [1.165, 1.54) is 32.1 Å². The van der Waals surface area contributed by atoms with Crippen LogP contribution < -0.4 is 5.73 Å². The van der Waals surface area contributed by atoms with Gasteiger partial charge in [0.05, 0.1) is 5.84 Å². The molecule has 0 amide bonds. The van der Waals surface area contributed by atoms with Crippen molar-refractivity contribution < 1.29 is 0 Å². The highest BCUT2D eigenvalue weighted by Gasteiger charge is 2.64. The summed E-state index contributed by atoms with van der Waals surface area (Å²) in [7, 11) is 0. The molecule has 2 aliphatic carbocycles. The maximum absolute atomic E-state index is 6.15. The molecule has 2 rings (SSSR count). The zero-order valence-electron chi connectivity index (χ0n) is 11.9. The molecule has 0 aliphatic heterocycles. The van der Waals surface area contributed by atoms with Gasteiger partial charge in [-0.3, -0.25) is 4.99 Å². The predicted octanol–water partition coefficient (Wildman–Crippen LogP) is 3.61. The van der Waals surface area contributed by atoms with Crippen molar-refractivity contribution in [3.05, 3.63) is 0 Å². The van der Waals surface area contributed by atoms with Gasteiger partial charge in [0.2, 0.25) is 0 Å². The summed E-state index contributed by atoms with van der Waals surface area (Å²) < 4.78 is 0. The lowest BCUT2D eigenvalue weighted by Gasteiger charge is -2.21. The number of nitrogens with two attached hydrogens (primary N) is 1. The molecule has 0 aromatic heterocycles. The summed E-state index contributed by atoms with van der Waals surface area (Å²) in [4.78, 5) is 4.70. The Morgan fingerprint density at radius 2 is 1.59 bits per heavy atom. The number of hydrogen-bond donors (Lipinski definition) is 1. The van der Waals surface area contributed by atoms with Gasteiger partial charge in [-0.05, 0) is 29.6 Å². The maximum atomic E-state index is 6.15. The Bertz CT molecular complexity index is 295. The Kier molecular flexibility index (Phi) is 3.26. The molecule has 0 spiro atoms. The molecule has 0 radical (unpaired) electrons. The summed E-state index contributed by atoms with van der Waals surface area (Å²) in [5, 5.41) is 0. The van der Waals surface area contributed by atoms with E-state index in [1.54, 1.807) is 0 Å². The zero-order valence-corrected chi connectivity index (χ0v) is 11.9. The Morgan fingerprint density at radius 3 is 2.06 bits per heavy atom. The Morgan fingerprint density at radius 1 is 1.06 bits per heavy atom. The molecule has 2 N–H and O–H groups in total. The highest BCUT2D eigenvalue weighted by atomic mass is 14.9. The van der Waals surface area contributed by atoms with Gasteiger partial charge >= 0.3 is 0 Å². The van der Waals surface area contributed by atoms with E-state index in [1.807, 2.05) is 0 Å². The summed E-state index contributed by atoms with van der Waals surface area (Å²) in [6.45, 7) is 10.3. The third kappa shape index (κ3) is 2.23. The molecule has 0 bridgehead atoms. The Hall–Kier alpha value is -0.530. The standard InChI is InChI=1S/C15H28N2/c1-14(2)12(15(14,3)4)10-17-13(16)11-8-6-5-7-9-11/h11-12H,5-10H2,1-4H3,(H2,16,17). The van der Waals surface area contributed by atoms with E-state index >= 15 is 0 Å². The second-order valence-corrected chi connectivity index (χ2v) is 7.10. The fraction of sp³-hybridized carbons (Fsp3) is 0.933. The molecule has 2 heteroatoms. The third-order valence-corrected chi connectivity index (χ3v) is 5.80. The van der Waals surface area contributed by atoms with Gasteiger partial charge in [-0.1, -0.05) is 47.0 Å². The number of amidine groups is 1. The lowest BCUT2D eigenvalue weighted by atomic mass is 9.88. The van der Waals surface area contributed by atoms with Crippen molar-refractivity contribution >= 4 is 5.84 Å². The lowest BCUT2D eigenvalue weighted by molar-refractivity contribution is 0.435. The van der Waals surface area contributed by atoms with E-state index in [4.69, 9.17) is 10.7 Å². The number of hydrogen-bond acceptors (Lipinski definition) is 1. The Balaban J connectivity index is 1.89. The van der Waals surface area contributed by atoms with Crippen LogP contribution in [0.25, 0.3) is 0 Å². The van der Waals surface area contributed by atoms with E-state index in [0.29, 0.717) is 22.7 Å².